The van der Waals surface area contributed by atoms with Crippen LogP contribution in [0.5, 0.6) is 0 Å². The topological polar surface area (TPSA) is 50.7 Å². The predicted octanol–water partition coefficient (Wildman–Crippen LogP) is 2.41. The minimum Gasteiger partial charge on any atom is -0.312 e. The molecule has 2 aromatic heterocycles. The average Bonchev–Trinajstić information content (AvgIpc) is 2.73. The fourth-order valence-electron chi connectivity index (χ4n) is 1.48. The van der Waals surface area contributed by atoms with E-state index in [0.29, 0.717) is 5.82 Å². The van der Waals surface area contributed by atoms with Gasteiger partial charge in [0.15, 0.2) is 10.8 Å². The zero-order valence-electron chi connectivity index (χ0n) is 10.1. The largest absolute Gasteiger partial charge is 0.312 e. The minimum atomic E-state index is 0.711. The average molecular weight is 248 g/mol. The van der Waals surface area contributed by atoms with E-state index in [0.717, 1.165) is 30.2 Å². The van der Waals surface area contributed by atoms with Gasteiger partial charge in [-0.25, -0.2) is 15.0 Å². The molecule has 0 saturated carbocycles. The van der Waals surface area contributed by atoms with Gasteiger partial charge in [0.05, 0.1) is 5.69 Å². The van der Waals surface area contributed by atoms with Crippen molar-refractivity contribution >= 4 is 11.3 Å². The van der Waals surface area contributed by atoms with E-state index in [1.807, 2.05) is 13.0 Å². The first-order valence-corrected chi connectivity index (χ1v) is 6.57. The van der Waals surface area contributed by atoms with E-state index in [1.165, 1.54) is 4.88 Å². The number of thiazole rings is 1. The number of nitrogens with zero attached hydrogens (tertiary/aromatic N) is 3. The van der Waals surface area contributed by atoms with Crippen LogP contribution in [0.3, 0.4) is 0 Å². The van der Waals surface area contributed by atoms with Gasteiger partial charge in [-0.1, -0.05) is 6.92 Å². The first-order valence-electron chi connectivity index (χ1n) is 5.75. The molecule has 0 bridgehead atoms. The smallest absolute Gasteiger partial charge is 0.188 e. The standard InChI is InChI=1S/C12H16N4S/c1-3-5-13-8-10-9(2)16-12(17-10)11-14-6-4-7-15-11/h4,6-7,13H,3,5,8H2,1-2H3. The van der Waals surface area contributed by atoms with Crippen LogP contribution in [0.25, 0.3) is 10.8 Å². The van der Waals surface area contributed by atoms with Crippen molar-refractivity contribution in [3.8, 4) is 10.8 Å². The molecule has 0 unspecified atom stereocenters. The van der Waals surface area contributed by atoms with Gasteiger partial charge >= 0.3 is 0 Å². The molecule has 0 radical (unpaired) electrons. The van der Waals surface area contributed by atoms with Crippen molar-refractivity contribution in [2.24, 2.45) is 0 Å². The van der Waals surface area contributed by atoms with Crippen LogP contribution in [0, 0.1) is 6.92 Å². The van der Waals surface area contributed by atoms with E-state index >= 15 is 0 Å². The number of rotatable bonds is 5. The van der Waals surface area contributed by atoms with Gasteiger partial charge in [0.1, 0.15) is 0 Å². The Hall–Kier alpha value is -1.33. The molecule has 0 saturated heterocycles. The quantitative estimate of drug-likeness (QED) is 0.826. The SMILES string of the molecule is CCCNCc1sc(-c2ncccn2)nc1C. The summed E-state index contributed by atoms with van der Waals surface area (Å²) in [6.07, 6.45) is 4.63. The Morgan fingerprint density at radius 3 is 2.76 bits per heavy atom. The summed E-state index contributed by atoms with van der Waals surface area (Å²) in [5.41, 5.74) is 1.07. The maximum absolute atomic E-state index is 4.51. The van der Waals surface area contributed by atoms with E-state index in [4.69, 9.17) is 0 Å². The Labute approximate surface area is 105 Å². The van der Waals surface area contributed by atoms with Crippen LogP contribution in [0.1, 0.15) is 23.9 Å². The molecule has 0 aromatic carbocycles. The summed E-state index contributed by atoms with van der Waals surface area (Å²) in [6.45, 7) is 6.11. The van der Waals surface area contributed by atoms with Crippen molar-refractivity contribution < 1.29 is 0 Å². The lowest BCUT2D eigenvalue weighted by atomic mass is 10.4. The molecule has 0 aliphatic rings. The Kier molecular flexibility index (Phi) is 4.17. The van der Waals surface area contributed by atoms with Gasteiger partial charge in [-0.2, -0.15) is 0 Å². The summed E-state index contributed by atoms with van der Waals surface area (Å²) in [6, 6.07) is 1.81. The lowest BCUT2D eigenvalue weighted by molar-refractivity contribution is 0.678. The van der Waals surface area contributed by atoms with Crippen LogP contribution in [-0.2, 0) is 6.54 Å². The summed E-state index contributed by atoms with van der Waals surface area (Å²) < 4.78 is 0. The first kappa shape index (κ1) is 12.1. The van der Waals surface area contributed by atoms with E-state index in [-0.39, 0.29) is 0 Å². The molecule has 0 aliphatic carbocycles. The molecule has 17 heavy (non-hydrogen) atoms. The second-order valence-electron chi connectivity index (χ2n) is 3.78. The molecular weight excluding hydrogens is 232 g/mol. The molecular formula is C12H16N4S. The van der Waals surface area contributed by atoms with Crippen LogP contribution in [0.4, 0.5) is 0 Å². The van der Waals surface area contributed by atoms with Crippen LogP contribution in [0.15, 0.2) is 18.5 Å². The van der Waals surface area contributed by atoms with Gasteiger partial charge in [0.2, 0.25) is 0 Å². The normalized spacial score (nSPS) is 10.7. The van der Waals surface area contributed by atoms with Crippen LogP contribution in [0.2, 0.25) is 0 Å². The van der Waals surface area contributed by atoms with Gasteiger partial charge < -0.3 is 5.32 Å². The van der Waals surface area contributed by atoms with E-state index in [9.17, 15) is 0 Å². The maximum Gasteiger partial charge on any atom is 0.188 e. The van der Waals surface area contributed by atoms with E-state index in [1.54, 1.807) is 23.7 Å². The zero-order valence-corrected chi connectivity index (χ0v) is 10.9. The molecule has 4 nitrogen and oxygen atoms in total. The number of nitrogens with one attached hydrogen (secondary N) is 1. The van der Waals surface area contributed by atoms with Gasteiger partial charge in [0.25, 0.3) is 0 Å². The summed E-state index contributed by atoms with van der Waals surface area (Å²) in [4.78, 5) is 14.2. The monoisotopic (exact) mass is 248 g/mol. The van der Waals surface area contributed by atoms with E-state index < -0.39 is 0 Å². The van der Waals surface area contributed by atoms with Crippen molar-refractivity contribution in [1.82, 2.24) is 20.3 Å². The van der Waals surface area contributed by atoms with Gasteiger partial charge in [0, 0.05) is 23.8 Å². The zero-order chi connectivity index (χ0) is 12.1. The van der Waals surface area contributed by atoms with Crippen molar-refractivity contribution in [2.75, 3.05) is 6.54 Å². The second-order valence-corrected chi connectivity index (χ2v) is 4.86. The molecule has 2 heterocycles. The molecule has 2 rings (SSSR count). The van der Waals surface area contributed by atoms with Gasteiger partial charge in [-0.05, 0) is 26.0 Å². The summed E-state index contributed by atoms with van der Waals surface area (Å²) in [7, 11) is 0. The molecule has 90 valence electrons. The Balaban J connectivity index is 2.13. The minimum absolute atomic E-state index is 0.711. The molecule has 1 N–H and O–H groups in total. The number of hydrogen-bond donors (Lipinski definition) is 1. The summed E-state index contributed by atoms with van der Waals surface area (Å²) in [5, 5.41) is 4.29. The fourth-order valence-corrected chi connectivity index (χ4v) is 2.46. The van der Waals surface area contributed by atoms with Crippen molar-refractivity contribution in [3.63, 3.8) is 0 Å². The third-order valence-corrected chi connectivity index (χ3v) is 3.52. The number of hydrogen-bond acceptors (Lipinski definition) is 5. The van der Waals surface area contributed by atoms with Crippen LogP contribution in [-0.4, -0.2) is 21.5 Å². The Morgan fingerprint density at radius 1 is 1.29 bits per heavy atom. The Bertz CT molecular complexity index is 467. The van der Waals surface area contributed by atoms with Crippen molar-refractivity contribution in [1.29, 1.82) is 0 Å². The lowest BCUT2D eigenvalue weighted by Crippen LogP contribution is -2.13. The van der Waals surface area contributed by atoms with Gasteiger partial charge in [-0.3, -0.25) is 0 Å². The molecule has 0 spiro atoms. The third-order valence-electron chi connectivity index (χ3n) is 2.36. The van der Waals surface area contributed by atoms with Crippen molar-refractivity contribution in [3.05, 3.63) is 29.0 Å². The highest BCUT2D eigenvalue weighted by molar-refractivity contribution is 7.15. The lowest BCUT2D eigenvalue weighted by Gasteiger charge is -1.99. The molecule has 0 atom stereocenters. The molecule has 0 amide bonds. The first-order chi connectivity index (χ1) is 8.31. The number of aryl methyl sites for hydroxylation is 1. The van der Waals surface area contributed by atoms with Crippen molar-refractivity contribution in [2.45, 2.75) is 26.8 Å². The predicted molar refractivity (Wildman–Crippen MR) is 69.9 cm³/mol. The highest BCUT2D eigenvalue weighted by Crippen LogP contribution is 2.24. The second kappa shape index (κ2) is 5.84. The van der Waals surface area contributed by atoms with Crippen LogP contribution >= 0.6 is 11.3 Å². The molecule has 2 aromatic rings. The van der Waals surface area contributed by atoms with Gasteiger partial charge in [-0.15, -0.1) is 11.3 Å². The molecule has 5 heteroatoms. The fraction of sp³-hybridized carbons (Fsp3) is 0.417. The maximum atomic E-state index is 4.51. The number of aromatic nitrogens is 3. The van der Waals surface area contributed by atoms with E-state index in [2.05, 4.69) is 27.2 Å². The summed E-state index contributed by atoms with van der Waals surface area (Å²) in [5.74, 6) is 0.711. The highest BCUT2D eigenvalue weighted by Gasteiger charge is 2.10. The Morgan fingerprint density at radius 2 is 2.06 bits per heavy atom. The highest BCUT2D eigenvalue weighted by atomic mass is 32.1. The van der Waals surface area contributed by atoms with Crippen LogP contribution < -0.4 is 5.32 Å². The summed E-state index contributed by atoms with van der Waals surface area (Å²) >= 11 is 1.66. The molecule has 0 fully saturated rings. The third kappa shape index (κ3) is 3.08. The molecule has 0 aliphatic heterocycles.